The summed E-state index contributed by atoms with van der Waals surface area (Å²) < 4.78 is 27.0. The van der Waals surface area contributed by atoms with Crippen molar-refractivity contribution in [3.63, 3.8) is 0 Å². The van der Waals surface area contributed by atoms with E-state index in [1.54, 1.807) is 0 Å². The summed E-state index contributed by atoms with van der Waals surface area (Å²) >= 11 is 0. The van der Waals surface area contributed by atoms with E-state index < -0.39 is 17.7 Å². The van der Waals surface area contributed by atoms with Crippen LogP contribution in [0.1, 0.15) is 24.2 Å². The molecule has 106 valence electrons. The van der Waals surface area contributed by atoms with Gasteiger partial charge >= 0.3 is 0 Å². The zero-order valence-corrected chi connectivity index (χ0v) is 11.2. The Hall–Kier alpha value is -1.94. The Labute approximate surface area is 117 Å². The maximum absolute atomic E-state index is 13.5. The summed E-state index contributed by atoms with van der Waals surface area (Å²) in [6.45, 7) is 2.09. The molecule has 0 bridgehead atoms. The molecule has 0 saturated carbocycles. The topological polar surface area (TPSA) is 32.3 Å². The minimum atomic E-state index is -1.23. The van der Waals surface area contributed by atoms with Crippen LogP contribution < -0.4 is 5.32 Å². The Kier molecular flexibility index (Phi) is 4.69. The van der Waals surface area contributed by atoms with E-state index >= 15 is 0 Å². The molecule has 1 atom stereocenters. The number of aryl methyl sites for hydroxylation is 1. The molecule has 0 amide bonds. The van der Waals surface area contributed by atoms with E-state index in [1.165, 1.54) is 6.07 Å². The van der Waals surface area contributed by atoms with Gasteiger partial charge < -0.3 is 10.4 Å². The first kappa shape index (κ1) is 14.5. The van der Waals surface area contributed by atoms with E-state index in [-0.39, 0.29) is 12.1 Å². The van der Waals surface area contributed by atoms with Gasteiger partial charge in [-0.25, -0.2) is 8.78 Å². The SMILES string of the molecule is CCc1cccc(NCC(O)c2c(F)cccc2F)c1. The third-order valence-electron chi connectivity index (χ3n) is 3.17. The standard InChI is InChI=1S/C16H17F2NO/c1-2-11-5-3-6-12(9-11)19-10-15(20)16-13(17)7-4-8-14(16)18/h3-9,15,19-20H,2,10H2,1H3. The zero-order valence-electron chi connectivity index (χ0n) is 11.2. The number of anilines is 1. The van der Waals surface area contributed by atoms with Crippen LogP contribution in [0.15, 0.2) is 42.5 Å². The van der Waals surface area contributed by atoms with Gasteiger partial charge in [0.25, 0.3) is 0 Å². The van der Waals surface area contributed by atoms with E-state index in [0.717, 1.165) is 29.8 Å². The molecule has 0 aliphatic carbocycles. The van der Waals surface area contributed by atoms with Crippen molar-refractivity contribution in [3.8, 4) is 0 Å². The molecule has 2 rings (SSSR count). The number of aliphatic hydroxyl groups is 1. The highest BCUT2D eigenvalue weighted by atomic mass is 19.1. The summed E-state index contributed by atoms with van der Waals surface area (Å²) in [4.78, 5) is 0. The molecule has 0 aromatic heterocycles. The molecule has 0 spiro atoms. The highest BCUT2D eigenvalue weighted by Crippen LogP contribution is 2.21. The van der Waals surface area contributed by atoms with E-state index in [9.17, 15) is 13.9 Å². The van der Waals surface area contributed by atoms with Gasteiger partial charge in [-0.1, -0.05) is 25.1 Å². The van der Waals surface area contributed by atoms with Gasteiger partial charge in [0.05, 0.1) is 5.56 Å². The molecule has 4 heteroatoms. The van der Waals surface area contributed by atoms with Crippen molar-refractivity contribution in [2.24, 2.45) is 0 Å². The van der Waals surface area contributed by atoms with E-state index in [1.807, 2.05) is 31.2 Å². The van der Waals surface area contributed by atoms with Crippen molar-refractivity contribution in [1.29, 1.82) is 0 Å². The molecular formula is C16H17F2NO. The van der Waals surface area contributed by atoms with Crippen molar-refractivity contribution in [1.82, 2.24) is 0 Å². The Balaban J connectivity index is 2.06. The molecule has 0 radical (unpaired) electrons. The number of halogens is 2. The van der Waals surface area contributed by atoms with Crippen LogP contribution in [0.5, 0.6) is 0 Å². The maximum Gasteiger partial charge on any atom is 0.132 e. The Morgan fingerprint density at radius 3 is 2.40 bits per heavy atom. The van der Waals surface area contributed by atoms with Crippen molar-refractivity contribution in [3.05, 3.63) is 65.2 Å². The van der Waals surface area contributed by atoms with Crippen LogP contribution in [0, 0.1) is 11.6 Å². The monoisotopic (exact) mass is 277 g/mol. The van der Waals surface area contributed by atoms with Gasteiger partial charge in [-0.3, -0.25) is 0 Å². The van der Waals surface area contributed by atoms with E-state index in [2.05, 4.69) is 5.32 Å². The van der Waals surface area contributed by atoms with Crippen LogP contribution >= 0.6 is 0 Å². The molecule has 0 heterocycles. The average Bonchev–Trinajstić information content (AvgIpc) is 2.45. The number of rotatable bonds is 5. The van der Waals surface area contributed by atoms with Crippen LogP contribution in [0.3, 0.4) is 0 Å². The molecule has 2 N–H and O–H groups in total. The van der Waals surface area contributed by atoms with E-state index in [4.69, 9.17) is 0 Å². The Bertz CT molecular complexity index is 566. The lowest BCUT2D eigenvalue weighted by Gasteiger charge is -2.15. The molecule has 20 heavy (non-hydrogen) atoms. The summed E-state index contributed by atoms with van der Waals surface area (Å²) in [5.41, 5.74) is 1.67. The number of benzene rings is 2. The van der Waals surface area contributed by atoms with Gasteiger partial charge in [0.2, 0.25) is 0 Å². The molecule has 2 aromatic carbocycles. The molecule has 0 saturated heterocycles. The fourth-order valence-corrected chi connectivity index (χ4v) is 2.05. The largest absolute Gasteiger partial charge is 0.386 e. The zero-order chi connectivity index (χ0) is 14.5. The summed E-state index contributed by atoms with van der Waals surface area (Å²) in [7, 11) is 0. The average molecular weight is 277 g/mol. The van der Waals surface area contributed by atoms with Crippen LogP contribution in [0.4, 0.5) is 14.5 Å². The summed E-state index contributed by atoms with van der Waals surface area (Å²) in [5.74, 6) is -1.47. The third kappa shape index (κ3) is 3.33. The second-order valence-electron chi connectivity index (χ2n) is 4.59. The van der Waals surface area contributed by atoms with Crippen LogP contribution in [-0.4, -0.2) is 11.7 Å². The summed E-state index contributed by atoms with van der Waals surface area (Å²) in [6.07, 6.45) is -0.332. The second kappa shape index (κ2) is 6.48. The predicted octanol–water partition coefficient (Wildman–Crippen LogP) is 3.67. The minimum Gasteiger partial charge on any atom is -0.386 e. The van der Waals surface area contributed by atoms with Gasteiger partial charge in [0.15, 0.2) is 0 Å². The quantitative estimate of drug-likeness (QED) is 0.874. The van der Waals surface area contributed by atoms with Crippen molar-refractivity contribution in [2.45, 2.75) is 19.4 Å². The maximum atomic E-state index is 13.5. The van der Waals surface area contributed by atoms with Gasteiger partial charge in [0.1, 0.15) is 17.7 Å². The number of hydrogen-bond donors (Lipinski definition) is 2. The summed E-state index contributed by atoms with van der Waals surface area (Å²) in [5, 5.41) is 12.9. The summed E-state index contributed by atoms with van der Waals surface area (Å²) in [6, 6.07) is 11.3. The Morgan fingerprint density at radius 1 is 1.10 bits per heavy atom. The van der Waals surface area contributed by atoms with Crippen LogP contribution in [-0.2, 0) is 6.42 Å². The van der Waals surface area contributed by atoms with Gasteiger partial charge in [0, 0.05) is 12.2 Å². The molecular weight excluding hydrogens is 260 g/mol. The fourth-order valence-electron chi connectivity index (χ4n) is 2.05. The highest BCUT2D eigenvalue weighted by Gasteiger charge is 2.17. The molecule has 0 aliphatic rings. The van der Waals surface area contributed by atoms with Crippen LogP contribution in [0.2, 0.25) is 0 Å². The van der Waals surface area contributed by atoms with Crippen molar-refractivity contribution in [2.75, 3.05) is 11.9 Å². The first-order chi connectivity index (χ1) is 9.61. The molecule has 1 unspecified atom stereocenters. The fraction of sp³-hybridized carbons (Fsp3) is 0.250. The lowest BCUT2D eigenvalue weighted by molar-refractivity contribution is 0.181. The first-order valence-electron chi connectivity index (χ1n) is 6.56. The molecule has 2 nitrogen and oxygen atoms in total. The highest BCUT2D eigenvalue weighted by molar-refractivity contribution is 5.46. The number of nitrogens with one attached hydrogen (secondary N) is 1. The van der Waals surface area contributed by atoms with Crippen molar-refractivity contribution < 1.29 is 13.9 Å². The first-order valence-corrected chi connectivity index (χ1v) is 6.56. The van der Waals surface area contributed by atoms with E-state index in [0.29, 0.717) is 0 Å². The predicted molar refractivity (Wildman–Crippen MR) is 75.6 cm³/mol. The molecule has 0 fully saturated rings. The lowest BCUT2D eigenvalue weighted by Crippen LogP contribution is -2.15. The Morgan fingerprint density at radius 2 is 1.75 bits per heavy atom. The smallest absolute Gasteiger partial charge is 0.132 e. The lowest BCUT2D eigenvalue weighted by atomic mass is 10.1. The van der Waals surface area contributed by atoms with Gasteiger partial charge in [-0.05, 0) is 36.2 Å². The minimum absolute atomic E-state index is 0.0466. The number of aliphatic hydroxyl groups excluding tert-OH is 1. The van der Waals surface area contributed by atoms with Gasteiger partial charge in [-0.2, -0.15) is 0 Å². The third-order valence-corrected chi connectivity index (χ3v) is 3.17. The second-order valence-corrected chi connectivity index (χ2v) is 4.59. The molecule has 0 aliphatic heterocycles. The normalized spacial score (nSPS) is 12.2. The van der Waals surface area contributed by atoms with Crippen LogP contribution in [0.25, 0.3) is 0 Å². The molecule has 2 aromatic rings. The number of hydrogen-bond acceptors (Lipinski definition) is 2. The van der Waals surface area contributed by atoms with Crippen molar-refractivity contribution >= 4 is 5.69 Å². The van der Waals surface area contributed by atoms with Gasteiger partial charge in [-0.15, -0.1) is 0 Å².